The van der Waals surface area contributed by atoms with Gasteiger partial charge in [-0.15, -0.1) is 0 Å². The third-order valence-electron chi connectivity index (χ3n) is 3.06. The van der Waals surface area contributed by atoms with E-state index in [2.05, 4.69) is 17.0 Å². The zero-order valence-electron chi connectivity index (χ0n) is 13.3. The summed E-state index contributed by atoms with van der Waals surface area (Å²) in [5.74, 6) is 0.559. The van der Waals surface area contributed by atoms with Crippen LogP contribution in [-0.2, 0) is 4.57 Å². The molecule has 2 atom stereocenters. The Kier molecular flexibility index (Phi) is 6.75. The lowest BCUT2D eigenvalue weighted by Gasteiger charge is -2.17. The highest BCUT2D eigenvalue weighted by Gasteiger charge is 2.27. The highest BCUT2D eigenvalue weighted by molar-refractivity contribution is 8.56. The van der Waals surface area contributed by atoms with Gasteiger partial charge in [0.15, 0.2) is 0 Å². The van der Waals surface area contributed by atoms with E-state index in [9.17, 15) is 4.57 Å². The molecule has 4 nitrogen and oxygen atoms in total. The van der Waals surface area contributed by atoms with Crippen LogP contribution in [0.2, 0.25) is 0 Å². The Morgan fingerprint density at radius 3 is 2.39 bits per heavy atom. The minimum Gasteiger partial charge on any atom is -0.421 e. The molecule has 0 heterocycles. The summed E-state index contributed by atoms with van der Waals surface area (Å²) >= 11 is 1.27. The average molecular weight is 348 g/mol. The zero-order chi connectivity index (χ0) is 16.5. The van der Waals surface area contributed by atoms with E-state index in [0.717, 1.165) is 12.1 Å². The van der Waals surface area contributed by atoms with E-state index < -0.39 is 6.72 Å². The van der Waals surface area contributed by atoms with Crippen LogP contribution in [0.4, 0.5) is 5.69 Å². The summed E-state index contributed by atoms with van der Waals surface area (Å²) in [6.45, 7) is 0.844. The van der Waals surface area contributed by atoms with E-state index in [4.69, 9.17) is 4.52 Å². The van der Waals surface area contributed by atoms with Gasteiger partial charge in [0.25, 0.3) is 0 Å². The number of benzene rings is 2. The molecule has 0 aliphatic carbocycles. The smallest absolute Gasteiger partial charge is 0.421 e. The summed E-state index contributed by atoms with van der Waals surface area (Å²) in [5.41, 5.74) is 0.885. The molecule has 0 aliphatic heterocycles. The van der Waals surface area contributed by atoms with Gasteiger partial charge in [0.05, 0.1) is 6.34 Å². The third-order valence-corrected chi connectivity index (χ3v) is 7.24. The van der Waals surface area contributed by atoms with Gasteiger partial charge in [-0.25, -0.2) is 4.57 Å². The third kappa shape index (κ3) is 6.12. The maximum absolute atomic E-state index is 13.0. The fraction of sp³-hybridized carbons (Fsp3) is 0.235. The zero-order valence-corrected chi connectivity index (χ0v) is 15.0. The molecule has 0 radical (unpaired) electrons. The number of anilines is 1. The van der Waals surface area contributed by atoms with Gasteiger partial charge in [0.2, 0.25) is 0 Å². The Hall–Kier alpha value is -1.71. The van der Waals surface area contributed by atoms with Crippen LogP contribution in [0.25, 0.3) is 0 Å². The first-order valence-corrected chi connectivity index (χ1v) is 10.6. The molecule has 0 saturated carbocycles. The number of hydrogen-bond acceptors (Lipinski definition) is 3. The standard InChI is InChI=1S/C17H21N2O2PS/c1-3-15(2)23-22(20,21-17-12-8-5-9-13-17)19-14-18-16-10-6-4-7-11-16/h4-15H,3H2,1-2H3,(H,18,19,20). The van der Waals surface area contributed by atoms with Crippen LogP contribution < -0.4 is 9.84 Å². The van der Waals surface area contributed by atoms with Gasteiger partial charge in [-0.05, 0) is 42.1 Å². The quantitative estimate of drug-likeness (QED) is 0.369. The maximum Gasteiger partial charge on any atom is 0.422 e. The lowest BCUT2D eigenvalue weighted by atomic mass is 10.3. The second-order valence-electron chi connectivity index (χ2n) is 4.95. The fourth-order valence-electron chi connectivity index (χ4n) is 1.70. The van der Waals surface area contributed by atoms with E-state index >= 15 is 0 Å². The van der Waals surface area contributed by atoms with Gasteiger partial charge in [0, 0.05) is 10.9 Å². The molecule has 0 aliphatic rings. The van der Waals surface area contributed by atoms with Crippen molar-refractivity contribution in [2.24, 2.45) is 4.76 Å². The maximum atomic E-state index is 13.0. The molecule has 6 heteroatoms. The number of nitrogens with one attached hydrogen (secondary N) is 1. The van der Waals surface area contributed by atoms with Gasteiger partial charge in [-0.1, -0.05) is 50.2 Å². The summed E-state index contributed by atoms with van der Waals surface area (Å²) in [6.07, 6.45) is 2.35. The summed E-state index contributed by atoms with van der Waals surface area (Å²) in [5, 5.41) is 3.21. The molecule has 0 bridgehead atoms. The van der Waals surface area contributed by atoms with Gasteiger partial charge in [-0.3, -0.25) is 0 Å². The Balaban J connectivity index is 2.11. The van der Waals surface area contributed by atoms with E-state index in [1.54, 1.807) is 12.1 Å². The molecule has 0 aromatic heterocycles. The predicted octanol–water partition coefficient (Wildman–Crippen LogP) is 5.85. The molecular formula is C17H21N2O2PS. The van der Waals surface area contributed by atoms with Gasteiger partial charge in [0.1, 0.15) is 5.75 Å². The lowest BCUT2D eigenvalue weighted by Crippen LogP contribution is -1.99. The van der Waals surface area contributed by atoms with Crippen LogP contribution >= 0.6 is 18.1 Å². The second-order valence-corrected chi connectivity index (χ2v) is 9.34. The first-order valence-electron chi connectivity index (χ1n) is 7.50. The van der Waals surface area contributed by atoms with Gasteiger partial charge >= 0.3 is 6.72 Å². The fourth-order valence-corrected chi connectivity index (χ4v) is 5.54. The Labute approximate surface area is 141 Å². The highest BCUT2D eigenvalue weighted by atomic mass is 32.7. The number of rotatable bonds is 8. The number of nitrogens with zero attached hydrogens (tertiary/aromatic N) is 1. The van der Waals surface area contributed by atoms with Crippen molar-refractivity contribution in [1.82, 2.24) is 0 Å². The largest absolute Gasteiger partial charge is 0.422 e. The molecule has 2 unspecified atom stereocenters. The first-order chi connectivity index (χ1) is 11.1. The van der Waals surface area contributed by atoms with Crippen molar-refractivity contribution in [2.75, 3.05) is 5.32 Å². The van der Waals surface area contributed by atoms with Crippen LogP contribution in [0.15, 0.2) is 65.4 Å². The van der Waals surface area contributed by atoms with Crippen molar-refractivity contribution < 1.29 is 9.09 Å². The monoisotopic (exact) mass is 348 g/mol. The first kappa shape index (κ1) is 17.6. The normalized spacial score (nSPS) is 15.0. The minimum atomic E-state index is -3.23. The van der Waals surface area contributed by atoms with Crippen LogP contribution in [0.1, 0.15) is 20.3 Å². The van der Waals surface area contributed by atoms with Crippen molar-refractivity contribution in [3.63, 3.8) is 0 Å². The molecule has 0 amide bonds. The van der Waals surface area contributed by atoms with Crippen molar-refractivity contribution in [3.8, 4) is 5.75 Å². The average Bonchev–Trinajstić information content (AvgIpc) is 2.56. The Bertz CT molecular complexity index is 665. The Morgan fingerprint density at radius 1 is 1.17 bits per heavy atom. The number of hydrogen-bond donors (Lipinski definition) is 1. The van der Waals surface area contributed by atoms with Crippen LogP contribution in [0.3, 0.4) is 0 Å². The SMILES string of the molecule is CCC(C)SP(=O)(N=CNc1ccccc1)Oc1ccccc1. The van der Waals surface area contributed by atoms with Gasteiger partial charge in [-0.2, -0.15) is 4.76 Å². The van der Waals surface area contributed by atoms with Crippen molar-refractivity contribution in [3.05, 3.63) is 60.7 Å². The van der Waals surface area contributed by atoms with Gasteiger partial charge < -0.3 is 9.84 Å². The van der Waals surface area contributed by atoms with Crippen molar-refractivity contribution in [2.45, 2.75) is 25.5 Å². The molecule has 2 aromatic carbocycles. The molecular weight excluding hydrogens is 327 g/mol. The molecule has 23 heavy (non-hydrogen) atoms. The molecule has 0 spiro atoms. The van der Waals surface area contributed by atoms with Crippen molar-refractivity contribution in [1.29, 1.82) is 0 Å². The summed E-state index contributed by atoms with van der Waals surface area (Å²) < 4.78 is 22.9. The molecule has 2 rings (SSSR count). The van der Waals surface area contributed by atoms with E-state index in [1.165, 1.54) is 17.7 Å². The minimum absolute atomic E-state index is 0.193. The molecule has 1 N–H and O–H groups in total. The summed E-state index contributed by atoms with van der Waals surface area (Å²) in [7, 11) is 0. The molecule has 0 saturated heterocycles. The predicted molar refractivity (Wildman–Crippen MR) is 101 cm³/mol. The topological polar surface area (TPSA) is 50.7 Å². The summed E-state index contributed by atoms with van der Waals surface area (Å²) in [6, 6.07) is 18.7. The van der Waals surface area contributed by atoms with E-state index in [-0.39, 0.29) is 5.25 Å². The molecule has 2 aromatic rings. The Morgan fingerprint density at radius 2 is 1.78 bits per heavy atom. The highest BCUT2D eigenvalue weighted by Crippen LogP contribution is 2.62. The van der Waals surface area contributed by atoms with Crippen LogP contribution in [0, 0.1) is 0 Å². The van der Waals surface area contributed by atoms with Crippen LogP contribution in [0.5, 0.6) is 5.75 Å². The van der Waals surface area contributed by atoms with Crippen LogP contribution in [-0.4, -0.2) is 11.6 Å². The van der Waals surface area contributed by atoms with E-state index in [1.807, 2.05) is 55.5 Å². The molecule has 122 valence electrons. The lowest BCUT2D eigenvalue weighted by molar-refractivity contribution is 0.501. The molecule has 0 fully saturated rings. The van der Waals surface area contributed by atoms with E-state index in [0.29, 0.717) is 5.75 Å². The second kappa shape index (κ2) is 8.80. The summed E-state index contributed by atoms with van der Waals surface area (Å²) in [4.78, 5) is 0. The van der Waals surface area contributed by atoms with Crippen molar-refractivity contribution >= 4 is 30.1 Å². The number of para-hydroxylation sites is 2.